The Morgan fingerprint density at radius 2 is 1.36 bits per heavy atom. The molecule has 33 heavy (non-hydrogen) atoms. The lowest BCUT2D eigenvalue weighted by atomic mass is 10.0. The third kappa shape index (κ3) is 12.7. The summed E-state index contributed by atoms with van der Waals surface area (Å²) in [5, 5.41) is 34.5. The number of aliphatic hydroxyl groups excluding tert-OH is 1. The van der Waals surface area contributed by atoms with E-state index >= 15 is 0 Å². The third-order valence-electron chi connectivity index (χ3n) is 4.71. The van der Waals surface area contributed by atoms with Crippen LogP contribution in [0.15, 0.2) is 0 Å². The Morgan fingerprint density at radius 1 is 0.818 bits per heavy atom. The molecule has 0 aliphatic carbocycles. The van der Waals surface area contributed by atoms with Gasteiger partial charge in [0.2, 0.25) is 17.7 Å². The molecule has 190 valence electrons. The number of nitrogens with one attached hydrogen (secondary N) is 3. The van der Waals surface area contributed by atoms with Crippen LogP contribution in [0.3, 0.4) is 0 Å². The molecule has 0 aromatic heterocycles. The molecule has 0 aromatic carbocycles. The first-order chi connectivity index (χ1) is 15.4. The van der Waals surface area contributed by atoms with E-state index in [0.29, 0.717) is 19.4 Å². The normalized spacial score (nSPS) is 14.6. The SMILES string of the molecule is CC(C)CC(NC(=O)C(N)CO)C(=O)NC(CCC(=O)O)C(=O)NC(CCCCN)C(=O)O. The monoisotopic (exact) mass is 475 g/mol. The van der Waals surface area contributed by atoms with Gasteiger partial charge in [0.15, 0.2) is 0 Å². The van der Waals surface area contributed by atoms with Crippen LogP contribution in [0.5, 0.6) is 0 Å². The van der Waals surface area contributed by atoms with Crippen LogP contribution in [0, 0.1) is 5.92 Å². The number of carbonyl (C=O) groups excluding carboxylic acids is 3. The van der Waals surface area contributed by atoms with Crippen LogP contribution < -0.4 is 27.4 Å². The molecule has 0 aliphatic heterocycles. The summed E-state index contributed by atoms with van der Waals surface area (Å²) in [6.07, 6.45) is 0.558. The highest BCUT2D eigenvalue weighted by Gasteiger charge is 2.30. The average Bonchev–Trinajstić information content (AvgIpc) is 2.73. The van der Waals surface area contributed by atoms with Gasteiger partial charge in [-0.05, 0) is 44.6 Å². The van der Waals surface area contributed by atoms with Gasteiger partial charge in [0.1, 0.15) is 24.2 Å². The standard InChI is InChI=1S/C20H37N5O8/c1-11(2)9-15(25-17(29)12(22)10-26)19(31)23-13(6-7-16(27)28)18(30)24-14(20(32)33)5-3-4-8-21/h11-15,26H,3-10,21-22H2,1-2H3,(H,23,31)(H,24,30)(H,25,29)(H,27,28)(H,32,33). The molecule has 0 aliphatic rings. The fourth-order valence-corrected chi connectivity index (χ4v) is 2.90. The maximum Gasteiger partial charge on any atom is 0.326 e. The van der Waals surface area contributed by atoms with Crippen molar-refractivity contribution in [3.63, 3.8) is 0 Å². The molecule has 0 saturated heterocycles. The molecule has 4 unspecified atom stereocenters. The minimum absolute atomic E-state index is 0.0448. The van der Waals surface area contributed by atoms with E-state index in [4.69, 9.17) is 21.7 Å². The fourth-order valence-electron chi connectivity index (χ4n) is 2.90. The van der Waals surface area contributed by atoms with Crippen LogP contribution in [0.1, 0.15) is 52.4 Å². The number of unbranched alkanes of at least 4 members (excludes halogenated alkanes) is 1. The summed E-state index contributed by atoms with van der Waals surface area (Å²) in [6.45, 7) is 3.32. The largest absolute Gasteiger partial charge is 0.481 e. The Balaban J connectivity index is 5.48. The van der Waals surface area contributed by atoms with Gasteiger partial charge in [0.25, 0.3) is 0 Å². The van der Waals surface area contributed by atoms with Crippen LogP contribution in [0.25, 0.3) is 0 Å². The van der Waals surface area contributed by atoms with E-state index in [9.17, 15) is 29.1 Å². The molecule has 0 saturated carbocycles. The quantitative estimate of drug-likeness (QED) is 0.106. The summed E-state index contributed by atoms with van der Waals surface area (Å²) in [7, 11) is 0. The Hall–Kier alpha value is -2.77. The van der Waals surface area contributed by atoms with Gasteiger partial charge in [-0.15, -0.1) is 0 Å². The van der Waals surface area contributed by atoms with Crippen LogP contribution in [-0.2, 0) is 24.0 Å². The van der Waals surface area contributed by atoms with Crippen LogP contribution >= 0.6 is 0 Å². The van der Waals surface area contributed by atoms with Gasteiger partial charge in [-0.1, -0.05) is 13.8 Å². The molecular formula is C20H37N5O8. The molecule has 0 rings (SSSR count). The van der Waals surface area contributed by atoms with Crippen molar-refractivity contribution in [1.29, 1.82) is 0 Å². The van der Waals surface area contributed by atoms with Crippen molar-refractivity contribution in [2.75, 3.05) is 13.2 Å². The second kappa shape index (κ2) is 15.9. The van der Waals surface area contributed by atoms with Crippen LogP contribution in [-0.4, -0.2) is 82.3 Å². The van der Waals surface area contributed by atoms with Crippen molar-refractivity contribution in [2.45, 2.75) is 76.5 Å². The zero-order valence-electron chi connectivity index (χ0n) is 19.1. The van der Waals surface area contributed by atoms with E-state index in [-0.39, 0.29) is 25.2 Å². The average molecular weight is 476 g/mol. The predicted molar refractivity (Wildman–Crippen MR) is 118 cm³/mol. The highest BCUT2D eigenvalue weighted by molar-refractivity contribution is 5.94. The fraction of sp³-hybridized carbons (Fsp3) is 0.750. The van der Waals surface area contributed by atoms with E-state index in [1.807, 2.05) is 0 Å². The predicted octanol–water partition coefficient (Wildman–Crippen LogP) is -2.12. The molecule has 13 nitrogen and oxygen atoms in total. The highest BCUT2D eigenvalue weighted by Crippen LogP contribution is 2.08. The van der Waals surface area contributed by atoms with Gasteiger partial charge in [0, 0.05) is 6.42 Å². The molecule has 0 heterocycles. The van der Waals surface area contributed by atoms with Crippen molar-refractivity contribution in [3.05, 3.63) is 0 Å². The second-order valence-electron chi connectivity index (χ2n) is 8.16. The number of hydrogen-bond acceptors (Lipinski definition) is 8. The highest BCUT2D eigenvalue weighted by atomic mass is 16.4. The van der Waals surface area contributed by atoms with Crippen LogP contribution in [0.2, 0.25) is 0 Å². The van der Waals surface area contributed by atoms with Gasteiger partial charge < -0.3 is 42.7 Å². The van der Waals surface area contributed by atoms with Crippen molar-refractivity contribution in [2.24, 2.45) is 17.4 Å². The molecule has 4 atom stereocenters. The minimum Gasteiger partial charge on any atom is -0.481 e. The maximum absolute atomic E-state index is 12.8. The number of aliphatic carboxylic acids is 2. The summed E-state index contributed by atoms with van der Waals surface area (Å²) in [5.41, 5.74) is 10.9. The molecule has 0 bridgehead atoms. The number of hydrogen-bond donors (Lipinski definition) is 8. The molecule has 0 aromatic rings. The summed E-state index contributed by atoms with van der Waals surface area (Å²) in [5.74, 6) is -4.91. The smallest absolute Gasteiger partial charge is 0.326 e. The van der Waals surface area contributed by atoms with Crippen molar-refractivity contribution >= 4 is 29.7 Å². The lowest BCUT2D eigenvalue weighted by molar-refractivity contribution is -0.143. The Morgan fingerprint density at radius 3 is 1.85 bits per heavy atom. The minimum atomic E-state index is -1.34. The molecule has 3 amide bonds. The van der Waals surface area contributed by atoms with Gasteiger partial charge in [-0.3, -0.25) is 19.2 Å². The molecule has 0 spiro atoms. The van der Waals surface area contributed by atoms with Gasteiger partial charge in [0.05, 0.1) is 6.61 Å². The first-order valence-electron chi connectivity index (χ1n) is 10.8. The zero-order chi connectivity index (χ0) is 25.6. The van der Waals surface area contributed by atoms with Gasteiger partial charge in [-0.25, -0.2) is 4.79 Å². The van der Waals surface area contributed by atoms with Crippen molar-refractivity contribution in [1.82, 2.24) is 16.0 Å². The molecule has 0 fully saturated rings. The molecular weight excluding hydrogens is 438 g/mol. The maximum atomic E-state index is 12.8. The number of nitrogens with two attached hydrogens (primary N) is 2. The summed E-state index contributed by atoms with van der Waals surface area (Å²) in [4.78, 5) is 60.1. The molecule has 10 N–H and O–H groups in total. The van der Waals surface area contributed by atoms with E-state index in [2.05, 4.69) is 16.0 Å². The third-order valence-corrected chi connectivity index (χ3v) is 4.71. The van der Waals surface area contributed by atoms with Gasteiger partial charge >= 0.3 is 11.9 Å². The van der Waals surface area contributed by atoms with Gasteiger partial charge in [-0.2, -0.15) is 0 Å². The molecule has 13 heteroatoms. The Kier molecular flexibility index (Phi) is 14.6. The number of aliphatic hydroxyl groups is 1. The lowest BCUT2D eigenvalue weighted by Crippen LogP contribution is -2.57. The number of carbonyl (C=O) groups is 5. The number of amides is 3. The summed E-state index contributed by atoms with van der Waals surface area (Å²) >= 11 is 0. The van der Waals surface area contributed by atoms with E-state index in [0.717, 1.165) is 0 Å². The molecule has 0 radical (unpaired) electrons. The number of carboxylic acid groups (broad SMARTS) is 2. The Labute approximate surface area is 192 Å². The van der Waals surface area contributed by atoms with Crippen molar-refractivity contribution in [3.8, 4) is 0 Å². The Bertz CT molecular complexity index is 673. The first kappa shape index (κ1) is 30.2. The lowest BCUT2D eigenvalue weighted by Gasteiger charge is -2.25. The first-order valence-corrected chi connectivity index (χ1v) is 10.8. The number of carboxylic acids is 2. The van der Waals surface area contributed by atoms with E-state index in [1.54, 1.807) is 13.8 Å². The van der Waals surface area contributed by atoms with Crippen molar-refractivity contribution < 1.29 is 39.3 Å². The second-order valence-corrected chi connectivity index (χ2v) is 8.16. The zero-order valence-corrected chi connectivity index (χ0v) is 19.1. The van der Waals surface area contributed by atoms with E-state index in [1.165, 1.54) is 0 Å². The summed E-state index contributed by atoms with van der Waals surface area (Å²) in [6, 6.07) is -4.93. The summed E-state index contributed by atoms with van der Waals surface area (Å²) < 4.78 is 0. The number of rotatable bonds is 17. The van der Waals surface area contributed by atoms with E-state index < -0.39 is 66.9 Å². The van der Waals surface area contributed by atoms with Crippen LogP contribution in [0.4, 0.5) is 0 Å². The topological polar surface area (TPSA) is 234 Å².